The van der Waals surface area contributed by atoms with Gasteiger partial charge in [0.25, 0.3) is 0 Å². The van der Waals surface area contributed by atoms with E-state index in [2.05, 4.69) is 34.8 Å². The summed E-state index contributed by atoms with van der Waals surface area (Å²) in [5.41, 5.74) is 0.962. The van der Waals surface area contributed by atoms with Gasteiger partial charge in [0.15, 0.2) is 5.89 Å². The molecule has 3 heteroatoms. The van der Waals surface area contributed by atoms with Crippen LogP contribution < -0.4 is 0 Å². The molecule has 0 N–H and O–H groups in total. The molecular weight excluding hydrogens is 194 g/mol. The first-order valence-electron chi connectivity index (χ1n) is 3.24. The number of alkyl halides is 1. The molecule has 0 radical (unpaired) electrons. The van der Waals surface area contributed by atoms with Crippen LogP contribution in [0.2, 0.25) is 0 Å². The molecule has 0 unspecified atom stereocenters. The molecule has 0 bridgehead atoms. The number of halogens is 1. The molecule has 0 atom stereocenters. The van der Waals surface area contributed by atoms with Crippen molar-refractivity contribution in [3.63, 3.8) is 0 Å². The lowest BCUT2D eigenvalue weighted by Crippen LogP contribution is -1.86. The van der Waals surface area contributed by atoms with Crippen LogP contribution in [0.5, 0.6) is 0 Å². The van der Waals surface area contributed by atoms with E-state index >= 15 is 0 Å². The highest BCUT2D eigenvalue weighted by Gasteiger charge is 2.05. The van der Waals surface area contributed by atoms with Crippen molar-refractivity contribution < 1.29 is 4.42 Å². The molecule has 0 spiro atoms. The van der Waals surface area contributed by atoms with E-state index in [4.69, 9.17) is 4.42 Å². The van der Waals surface area contributed by atoms with Gasteiger partial charge in [0, 0.05) is 11.2 Å². The second-order valence-corrected chi connectivity index (χ2v) is 3.03. The summed E-state index contributed by atoms with van der Waals surface area (Å²) in [6, 6.07) is 0. The van der Waals surface area contributed by atoms with Crippen LogP contribution in [0.4, 0.5) is 0 Å². The number of hydrogen-bond donors (Lipinski definition) is 0. The maximum atomic E-state index is 5.18. The Balaban J connectivity index is 2.78. The van der Waals surface area contributed by atoms with Crippen molar-refractivity contribution in [3.05, 3.63) is 17.8 Å². The van der Waals surface area contributed by atoms with Gasteiger partial charge >= 0.3 is 0 Å². The standard InChI is InChI=1S/C7H10BrNO/c1-5(2)7-9-6(3-8)4-10-7/h4-5H,3H2,1-2H3. The van der Waals surface area contributed by atoms with E-state index in [9.17, 15) is 0 Å². The van der Waals surface area contributed by atoms with Gasteiger partial charge in [0.2, 0.25) is 0 Å². The monoisotopic (exact) mass is 203 g/mol. The number of aromatic nitrogens is 1. The van der Waals surface area contributed by atoms with Crippen LogP contribution in [0.25, 0.3) is 0 Å². The Bertz CT molecular complexity index is 207. The molecule has 0 aliphatic rings. The Morgan fingerprint density at radius 2 is 2.40 bits per heavy atom. The van der Waals surface area contributed by atoms with Gasteiger partial charge in [-0.1, -0.05) is 29.8 Å². The molecule has 0 aliphatic heterocycles. The highest BCUT2D eigenvalue weighted by molar-refractivity contribution is 9.08. The van der Waals surface area contributed by atoms with Crippen LogP contribution in [-0.2, 0) is 5.33 Å². The minimum Gasteiger partial charge on any atom is -0.448 e. The van der Waals surface area contributed by atoms with Gasteiger partial charge in [-0.15, -0.1) is 0 Å². The Morgan fingerprint density at radius 1 is 1.70 bits per heavy atom. The number of nitrogens with zero attached hydrogens (tertiary/aromatic N) is 1. The van der Waals surface area contributed by atoms with E-state index in [0.717, 1.165) is 16.9 Å². The summed E-state index contributed by atoms with van der Waals surface area (Å²) in [4.78, 5) is 4.21. The molecule has 0 aromatic carbocycles. The van der Waals surface area contributed by atoms with E-state index in [0.29, 0.717) is 5.92 Å². The minimum absolute atomic E-state index is 0.382. The summed E-state index contributed by atoms with van der Waals surface area (Å²) in [6.45, 7) is 4.12. The average Bonchev–Trinajstić information content (AvgIpc) is 2.34. The third-order valence-corrected chi connectivity index (χ3v) is 1.77. The summed E-state index contributed by atoms with van der Waals surface area (Å²) >= 11 is 3.30. The van der Waals surface area contributed by atoms with E-state index in [1.165, 1.54) is 0 Å². The average molecular weight is 204 g/mol. The quantitative estimate of drug-likeness (QED) is 0.692. The predicted molar refractivity (Wildman–Crippen MR) is 43.2 cm³/mol. The molecule has 1 aromatic rings. The van der Waals surface area contributed by atoms with E-state index < -0.39 is 0 Å². The Labute approximate surface area is 68.8 Å². The molecule has 0 saturated heterocycles. The van der Waals surface area contributed by atoms with Crippen LogP contribution >= 0.6 is 15.9 Å². The van der Waals surface area contributed by atoms with Crippen molar-refractivity contribution in [1.29, 1.82) is 0 Å². The van der Waals surface area contributed by atoms with Crippen molar-refractivity contribution in [2.45, 2.75) is 25.1 Å². The van der Waals surface area contributed by atoms with Crippen molar-refractivity contribution in [1.82, 2.24) is 4.98 Å². The fourth-order valence-electron chi connectivity index (χ4n) is 0.649. The van der Waals surface area contributed by atoms with Gasteiger partial charge in [0.1, 0.15) is 6.26 Å². The van der Waals surface area contributed by atoms with Crippen LogP contribution in [0.3, 0.4) is 0 Å². The summed E-state index contributed by atoms with van der Waals surface area (Å²) in [6.07, 6.45) is 1.68. The van der Waals surface area contributed by atoms with Gasteiger partial charge in [-0.25, -0.2) is 4.98 Å². The lowest BCUT2D eigenvalue weighted by atomic mass is 10.2. The Morgan fingerprint density at radius 3 is 2.70 bits per heavy atom. The number of hydrogen-bond acceptors (Lipinski definition) is 2. The number of rotatable bonds is 2. The zero-order valence-electron chi connectivity index (χ0n) is 6.10. The smallest absolute Gasteiger partial charge is 0.196 e. The summed E-state index contributed by atoms with van der Waals surface area (Å²) < 4.78 is 5.18. The normalized spacial score (nSPS) is 10.8. The van der Waals surface area contributed by atoms with Gasteiger partial charge in [-0.2, -0.15) is 0 Å². The number of oxazole rings is 1. The topological polar surface area (TPSA) is 26.0 Å². The van der Waals surface area contributed by atoms with Gasteiger partial charge in [-0.3, -0.25) is 0 Å². The molecule has 0 saturated carbocycles. The van der Waals surface area contributed by atoms with Gasteiger partial charge in [-0.05, 0) is 0 Å². The van der Waals surface area contributed by atoms with E-state index in [1.807, 2.05) is 0 Å². The molecule has 0 amide bonds. The highest BCUT2D eigenvalue weighted by Crippen LogP contribution is 2.14. The van der Waals surface area contributed by atoms with Crippen molar-refractivity contribution >= 4 is 15.9 Å². The third kappa shape index (κ3) is 1.59. The van der Waals surface area contributed by atoms with E-state index in [-0.39, 0.29) is 0 Å². The highest BCUT2D eigenvalue weighted by atomic mass is 79.9. The molecule has 1 heterocycles. The van der Waals surface area contributed by atoms with Crippen LogP contribution in [0.1, 0.15) is 31.4 Å². The Kier molecular flexibility index (Phi) is 2.49. The lowest BCUT2D eigenvalue weighted by molar-refractivity contribution is 0.471. The summed E-state index contributed by atoms with van der Waals surface area (Å²) in [5.74, 6) is 1.20. The fourth-order valence-corrected chi connectivity index (χ4v) is 0.907. The van der Waals surface area contributed by atoms with Crippen LogP contribution in [0, 0.1) is 0 Å². The molecule has 1 rings (SSSR count). The molecule has 0 aliphatic carbocycles. The van der Waals surface area contributed by atoms with Crippen molar-refractivity contribution in [2.75, 3.05) is 0 Å². The summed E-state index contributed by atoms with van der Waals surface area (Å²) in [7, 11) is 0. The molecule has 10 heavy (non-hydrogen) atoms. The third-order valence-electron chi connectivity index (χ3n) is 1.20. The van der Waals surface area contributed by atoms with Crippen molar-refractivity contribution in [3.8, 4) is 0 Å². The van der Waals surface area contributed by atoms with Gasteiger partial charge in [0.05, 0.1) is 5.69 Å². The Hall–Kier alpha value is -0.310. The maximum absolute atomic E-state index is 5.18. The summed E-state index contributed by atoms with van der Waals surface area (Å²) in [5, 5.41) is 0.767. The molecule has 0 fully saturated rings. The largest absolute Gasteiger partial charge is 0.448 e. The zero-order chi connectivity index (χ0) is 7.56. The van der Waals surface area contributed by atoms with Crippen LogP contribution in [0.15, 0.2) is 10.7 Å². The second-order valence-electron chi connectivity index (χ2n) is 2.47. The fraction of sp³-hybridized carbons (Fsp3) is 0.571. The van der Waals surface area contributed by atoms with E-state index in [1.54, 1.807) is 6.26 Å². The maximum Gasteiger partial charge on any atom is 0.196 e. The van der Waals surface area contributed by atoms with Crippen LogP contribution in [-0.4, -0.2) is 4.98 Å². The second kappa shape index (κ2) is 3.19. The lowest BCUT2D eigenvalue weighted by Gasteiger charge is -1.93. The predicted octanol–water partition coefficient (Wildman–Crippen LogP) is 2.69. The first-order valence-corrected chi connectivity index (χ1v) is 4.36. The SMILES string of the molecule is CC(C)c1nc(CBr)co1. The van der Waals surface area contributed by atoms with Crippen molar-refractivity contribution in [2.24, 2.45) is 0 Å². The molecule has 2 nitrogen and oxygen atoms in total. The molecular formula is C7H10BrNO. The molecule has 1 aromatic heterocycles. The first kappa shape index (κ1) is 7.79. The zero-order valence-corrected chi connectivity index (χ0v) is 7.68. The minimum atomic E-state index is 0.382. The first-order chi connectivity index (χ1) is 4.74. The van der Waals surface area contributed by atoms with Gasteiger partial charge < -0.3 is 4.42 Å². The molecule has 56 valence electrons.